The smallest absolute Gasteiger partial charge is 0.330 e. The molecule has 3 heterocycles. The molecule has 0 aliphatic carbocycles. The first-order chi connectivity index (χ1) is 18.1. The van der Waals surface area contributed by atoms with Crippen LogP contribution >= 0.6 is 0 Å². The summed E-state index contributed by atoms with van der Waals surface area (Å²) in [6.45, 7) is 1.28. The first-order valence-electron chi connectivity index (χ1n) is 12.0. The number of nitrogens with one attached hydrogen (secondary N) is 2. The van der Waals surface area contributed by atoms with Crippen molar-refractivity contribution in [3.8, 4) is 11.5 Å². The lowest BCUT2D eigenvalue weighted by molar-refractivity contribution is 0.355. The summed E-state index contributed by atoms with van der Waals surface area (Å²) < 4.78 is 12.6. The van der Waals surface area contributed by atoms with Gasteiger partial charge in [-0.15, -0.1) is 0 Å². The van der Waals surface area contributed by atoms with Crippen molar-refractivity contribution in [1.82, 2.24) is 19.5 Å². The van der Waals surface area contributed by atoms with Crippen LogP contribution in [0.15, 0.2) is 77.6 Å². The molecule has 0 atom stereocenters. The maximum absolute atomic E-state index is 12.6. The maximum atomic E-state index is 12.6. The molecule has 1 aliphatic rings. The zero-order valence-electron chi connectivity index (χ0n) is 20.6. The largest absolute Gasteiger partial charge is 0.493 e. The molecule has 9 nitrogen and oxygen atoms in total. The molecule has 0 saturated heterocycles. The zero-order valence-corrected chi connectivity index (χ0v) is 20.6. The van der Waals surface area contributed by atoms with Crippen molar-refractivity contribution in [2.45, 2.75) is 6.42 Å². The van der Waals surface area contributed by atoms with E-state index in [0.717, 1.165) is 33.3 Å². The Hall–Kier alpha value is -4.79. The third-order valence-corrected chi connectivity index (χ3v) is 6.58. The fourth-order valence-corrected chi connectivity index (χ4v) is 4.73. The first-order valence-corrected chi connectivity index (χ1v) is 12.0. The van der Waals surface area contributed by atoms with Crippen molar-refractivity contribution in [3.63, 3.8) is 0 Å². The summed E-state index contributed by atoms with van der Waals surface area (Å²) in [6, 6.07) is 21.3. The SMILES string of the molecule is COc1ccc(Nc2nc(N3CC=C(n4c(=O)[nH]c5ccccc54)CC3)nc3ccccc23)cc1OC. The van der Waals surface area contributed by atoms with E-state index in [0.29, 0.717) is 42.8 Å². The molecule has 9 heteroatoms. The van der Waals surface area contributed by atoms with Crippen molar-refractivity contribution in [2.24, 2.45) is 0 Å². The van der Waals surface area contributed by atoms with Gasteiger partial charge in [0.1, 0.15) is 5.82 Å². The molecule has 2 N–H and O–H groups in total. The highest BCUT2D eigenvalue weighted by molar-refractivity contribution is 5.92. The van der Waals surface area contributed by atoms with E-state index in [1.165, 1.54) is 0 Å². The zero-order chi connectivity index (χ0) is 25.4. The third-order valence-electron chi connectivity index (χ3n) is 6.58. The van der Waals surface area contributed by atoms with E-state index in [4.69, 9.17) is 19.4 Å². The number of nitrogens with zero attached hydrogens (tertiary/aromatic N) is 4. The highest BCUT2D eigenvalue weighted by Gasteiger charge is 2.20. The van der Waals surface area contributed by atoms with Crippen molar-refractivity contribution in [3.05, 3.63) is 83.3 Å². The van der Waals surface area contributed by atoms with Crippen molar-refractivity contribution >= 4 is 45.1 Å². The molecule has 186 valence electrons. The number of imidazole rings is 1. The molecule has 0 unspecified atom stereocenters. The number of anilines is 3. The van der Waals surface area contributed by atoms with Gasteiger partial charge in [-0.05, 0) is 42.5 Å². The van der Waals surface area contributed by atoms with Crippen LogP contribution in [0.1, 0.15) is 6.42 Å². The minimum Gasteiger partial charge on any atom is -0.493 e. The lowest BCUT2D eigenvalue weighted by Gasteiger charge is -2.27. The predicted octanol–water partition coefficient (Wildman–Crippen LogP) is 4.78. The van der Waals surface area contributed by atoms with Crippen molar-refractivity contribution < 1.29 is 9.47 Å². The quantitative estimate of drug-likeness (QED) is 0.350. The standard InChI is InChI=1S/C28H26N6O3/c1-36-24-12-11-18(17-25(24)37-2)29-26-20-7-3-4-8-21(20)30-27(32-26)33-15-13-19(14-16-33)34-23-10-6-5-9-22(23)31-28(34)35/h3-13,17H,14-16H2,1-2H3,(H,31,35)(H,29,30,32). The Labute approximate surface area is 213 Å². The molecule has 0 fully saturated rings. The van der Waals surface area contributed by atoms with Crippen LogP contribution in [0, 0.1) is 0 Å². The van der Waals surface area contributed by atoms with Crippen LogP contribution in [0.5, 0.6) is 11.5 Å². The minimum atomic E-state index is -0.121. The molecular formula is C28H26N6O3. The normalized spacial score (nSPS) is 13.6. The highest BCUT2D eigenvalue weighted by Crippen LogP contribution is 2.33. The number of hydrogen-bond donors (Lipinski definition) is 2. The molecule has 2 aromatic heterocycles. The van der Waals surface area contributed by atoms with E-state index in [1.807, 2.05) is 66.7 Å². The summed E-state index contributed by atoms with van der Waals surface area (Å²) in [7, 11) is 3.23. The van der Waals surface area contributed by atoms with Gasteiger partial charge in [0.05, 0.1) is 30.8 Å². The van der Waals surface area contributed by atoms with Gasteiger partial charge in [-0.3, -0.25) is 4.57 Å². The number of methoxy groups -OCH3 is 2. The third kappa shape index (κ3) is 4.14. The van der Waals surface area contributed by atoms with Crippen LogP contribution in [0.3, 0.4) is 0 Å². The fourth-order valence-electron chi connectivity index (χ4n) is 4.73. The molecule has 1 aliphatic heterocycles. The van der Waals surface area contributed by atoms with Crippen LogP contribution in [-0.4, -0.2) is 46.8 Å². The summed E-state index contributed by atoms with van der Waals surface area (Å²) in [5, 5.41) is 4.35. The Bertz CT molecular complexity index is 1700. The Kier molecular flexibility index (Phi) is 5.72. The van der Waals surface area contributed by atoms with E-state index in [1.54, 1.807) is 18.8 Å². The number of ether oxygens (including phenoxy) is 2. The van der Waals surface area contributed by atoms with Gasteiger partial charge >= 0.3 is 5.69 Å². The maximum Gasteiger partial charge on any atom is 0.330 e. The second-order valence-corrected chi connectivity index (χ2v) is 8.76. The van der Waals surface area contributed by atoms with Gasteiger partial charge in [-0.1, -0.05) is 24.3 Å². The van der Waals surface area contributed by atoms with Gasteiger partial charge in [0.15, 0.2) is 11.5 Å². The molecule has 0 amide bonds. The average molecular weight is 495 g/mol. The van der Waals surface area contributed by atoms with Crippen molar-refractivity contribution in [1.29, 1.82) is 0 Å². The Morgan fingerprint density at radius 2 is 1.76 bits per heavy atom. The summed E-state index contributed by atoms with van der Waals surface area (Å²) in [5.41, 5.74) is 4.24. The number of aromatic amines is 1. The molecule has 5 aromatic rings. The number of H-pyrrole nitrogens is 1. The summed E-state index contributed by atoms with van der Waals surface area (Å²) in [4.78, 5) is 27.4. The van der Waals surface area contributed by atoms with E-state index in [2.05, 4.69) is 21.3 Å². The van der Waals surface area contributed by atoms with Crippen LogP contribution in [0.4, 0.5) is 17.5 Å². The molecule has 0 saturated carbocycles. The van der Waals surface area contributed by atoms with Crippen molar-refractivity contribution in [2.75, 3.05) is 37.5 Å². The van der Waals surface area contributed by atoms with Gasteiger partial charge in [-0.2, -0.15) is 4.98 Å². The average Bonchev–Trinajstić information content (AvgIpc) is 3.28. The second kappa shape index (κ2) is 9.34. The number of rotatable bonds is 6. The van der Waals surface area contributed by atoms with Gasteiger partial charge in [0.25, 0.3) is 0 Å². The monoisotopic (exact) mass is 494 g/mol. The summed E-state index contributed by atoms with van der Waals surface area (Å²) in [6.07, 6.45) is 2.77. The molecule has 0 radical (unpaired) electrons. The van der Waals surface area contributed by atoms with Gasteiger partial charge in [0, 0.05) is 42.3 Å². The van der Waals surface area contributed by atoms with Crippen LogP contribution in [0.2, 0.25) is 0 Å². The Morgan fingerprint density at radius 1 is 0.946 bits per heavy atom. The predicted molar refractivity (Wildman–Crippen MR) is 146 cm³/mol. The summed E-state index contributed by atoms with van der Waals surface area (Å²) in [5.74, 6) is 2.62. The van der Waals surface area contributed by atoms with E-state index >= 15 is 0 Å². The molecule has 37 heavy (non-hydrogen) atoms. The second-order valence-electron chi connectivity index (χ2n) is 8.76. The topological polar surface area (TPSA) is 97.3 Å². The fraction of sp³-hybridized carbons (Fsp3) is 0.179. The molecule has 0 bridgehead atoms. The lowest BCUT2D eigenvalue weighted by atomic mass is 10.2. The van der Waals surface area contributed by atoms with E-state index in [-0.39, 0.29) is 5.69 Å². The lowest BCUT2D eigenvalue weighted by Crippen LogP contribution is -2.32. The van der Waals surface area contributed by atoms with E-state index in [9.17, 15) is 4.79 Å². The Morgan fingerprint density at radius 3 is 2.57 bits per heavy atom. The number of hydrogen-bond acceptors (Lipinski definition) is 7. The molecule has 0 spiro atoms. The van der Waals surface area contributed by atoms with Crippen LogP contribution in [-0.2, 0) is 0 Å². The van der Waals surface area contributed by atoms with Crippen LogP contribution in [0.25, 0.3) is 27.6 Å². The Balaban J connectivity index is 1.33. The minimum absolute atomic E-state index is 0.121. The van der Waals surface area contributed by atoms with Gasteiger partial charge < -0.3 is 24.7 Å². The first kappa shape index (κ1) is 22.7. The highest BCUT2D eigenvalue weighted by atomic mass is 16.5. The van der Waals surface area contributed by atoms with Gasteiger partial charge in [0.2, 0.25) is 5.95 Å². The number of fused-ring (bicyclic) bond motifs is 2. The number of para-hydroxylation sites is 3. The van der Waals surface area contributed by atoms with Gasteiger partial charge in [-0.25, -0.2) is 9.78 Å². The number of aromatic nitrogens is 4. The molecule has 6 rings (SSSR count). The van der Waals surface area contributed by atoms with Crippen LogP contribution < -0.4 is 25.4 Å². The van der Waals surface area contributed by atoms with E-state index < -0.39 is 0 Å². The molecule has 3 aromatic carbocycles. The molecular weight excluding hydrogens is 468 g/mol. The number of benzene rings is 3. The summed E-state index contributed by atoms with van der Waals surface area (Å²) >= 11 is 0.